The predicted octanol–water partition coefficient (Wildman–Crippen LogP) is 4.25. The van der Waals surface area contributed by atoms with Crippen LogP contribution in [0.2, 0.25) is 0 Å². The number of hydrogen-bond acceptors (Lipinski definition) is 4. The van der Waals surface area contributed by atoms with Gasteiger partial charge in [0.05, 0.1) is 12.8 Å². The zero-order chi connectivity index (χ0) is 21.9. The van der Waals surface area contributed by atoms with E-state index in [4.69, 9.17) is 9.47 Å². The lowest BCUT2D eigenvalue weighted by molar-refractivity contribution is -0.138. The molecular weight excluding hydrogens is 399 g/mol. The third-order valence-electron chi connectivity index (χ3n) is 4.76. The van der Waals surface area contributed by atoms with E-state index in [1.54, 1.807) is 12.1 Å². The number of nitrogens with one attached hydrogen (secondary N) is 1. The highest BCUT2D eigenvalue weighted by atomic mass is 19.4. The van der Waals surface area contributed by atoms with Crippen LogP contribution < -0.4 is 19.7 Å². The average molecular weight is 423 g/mol. The van der Waals surface area contributed by atoms with Crippen molar-refractivity contribution in [2.45, 2.75) is 12.6 Å². The second-order valence-electron chi connectivity index (χ2n) is 7.16. The van der Waals surface area contributed by atoms with E-state index in [0.717, 1.165) is 12.7 Å². The molecule has 2 aromatic carbocycles. The van der Waals surface area contributed by atoms with Crippen molar-refractivity contribution in [3.05, 3.63) is 47.5 Å². The summed E-state index contributed by atoms with van der Waals surface area (Å²) in [7, 11) is 4.86. The molecule has 2 amide bonds. The summed E-state index contributed by atoms with van der Waals surface area (Å²) in [5.41, 5.74) is 0.206. The second kappa shape index (κ2) is 8.83. The van der Waals surface area contributed by atoms with Gasteiger partial charge >= 0.3 is 12.2 Å². The van der Waals surface area contributed by atoms with Crippen molar-refractivity contribution in [2.75, 3.05) is 51.1 Å². The first kappa shape index (κ1) is 21.8. The quantitative estimate of drug-likeness (QED) is 0.755. The van der Waals surface area contributed by atoms with Gasteiger partial charge in [0.25, 0.3) is 0 Å². The lowest BCUT2D eigenvalue weighted by Gasteiger charge is -2.22. The topological polar surface area (TPSA) is 54.0 Å². The molecule has 30 heavy (non-hydrogen) atoms. The van der Waals surface area contributed by atoms with Crippen LogP contribution in [0.1, 0.15) is 11.1 Å². The monoisotopic (exact) mass is 423 g/mol. The summed E-state index contributed by atoms with van der Waals surface area (Å²) in [6.07, 6.45) is -4.08. The normalized spacial score (nSPS) is 13.4. The number of rotatable bonds is 6. The van der Waals surface area contributed by atoms with Crippen LogP contribution in [0.15, 0.2) is 36.4 Å². The van der Waals surface area contributed by atoms with Gasteiger partial charge in [-0.05, 0) is 32.1 Å². The summed E-state index contributed by atoms with van der Waals surface area (Å²) in [6.45, 7) is 1.24. The summed E-state index contributed by atoms with van der Waals surface area (Å²) in [5.74, 6) is -0.235. The largest absolute Gasteiger partial charge is 0.496 e. The van der Waals surface area contributed by atoms with Gasteiger partial charge in [0.15, 0.2) is 0 Å². The number of amides is 2. The number of ether oxygens (including phenoxy) is 2. The van der Waals surface area contributed by atoms with Gasteiger partial charge in [-0.2, -0.15) is 13.2 Å². The molecule has 6 nitrogen and oxygen atoms in total. The molecule has 0 saturated heterocycles. The zero-order valence-electron chi connectivity index (χ0n) is 17.0. The first-order valence-corrected chi connectivity index (χ1v) is 9.44. The number of methoxy groups -OCH3 is 1. The van der Waals surface area contributed by atoms with E-state index in [-0.39, 0.29) is 12.4 Å². The Kier molecular flexibility index (Phi) is 6.40. The van der Waals surface area contributed by atoms with E-state index >= 15 is 0 Å². The summed E-state index contributed by atoms with van der Waals surface area (Å²) in [6, 6.07) is 9.04. The Morgan fingerprint density at radius 1 is 1.23 bits per heavy atom. The molecule has 0 radical (unpaired) electrons. The van der Waals surface area contributed by atoms with Crippen LogP contribution in [0.3, 0.4) is 0 Å². The van der Waals surface area contributed by atoms with Crippen LogP contribution in [-0.2, 0) is 12.6 Å². The number of alkyl halides is 3. The Labute approximate surface area is 173 Å². The summed E-state index contributed by atoms with van der Waals surface area (Å²) in [5, 5.41) is 2.41. The highest BCUT2D eigenvalue weighted by Crippen LogP contribution is 2.44. The number of para-hydroxylation sites is 1. The van der Waals surface area contributed by atoms with E-state index in [1.165, 1.54) is 17.0 Å². The number of fused-ring (bicyclic) bond motifs is 1. The molecule has 0 bridgehead atoms. The second-order valence-corrected chi connectivity index (χ2v) is 7.16. The minimum absolute atomic E-state index is 0.179. The van der Waals surface area contributed by atoms with E-state index < -0.39 is 29.2 Å². The van der Waals surface area contributed by atoms with Crippen molar-refractivity contribution < 1.29 is 27.4 Å². The van der Waals surface area contributed by atoms with Gasteiger partial charge in [0.1, 0.15) is 23.7 Å². The SMILES string of the molecule is COc1cc(OCCN(C)C)cc(NC(=O)N2CCc3ccccc32)c1C(F)(F)F. The minimum Gasteiger partial charge on any atom is -0.496 e. The molecule has 0 atom stereocenters. The molecule has 1 aliphatic rings. The van der Waals surface area contributed by atoms with Crippen LogP contribution in [-0.4, -0.2) is 51.8 Å². The predicted molar refractivity (Wildman–Crippen MR) is 109 cm³/mol. The van der Waals surface area contributed by atoms with E-state index in [1.807, 2.05) is 31.1 Å². The van der Waals surface area contributed by atoms with Crippen molar-refractivity contribution in [1.29, 1.82) is 0 Å². The summed E-state index contributed by atoms with van der Waals surface area (Å²) in [4.78, 5) is 16.1. The molecule has 0 unspecified atom stereocenters. The highest BCUT2D eigenvalue weighted by Gasteiger charge is 2.39. The molecule has 2 aromatic rings. The minimum atomic E-state index is -4.72. The Bertz CT molecular complexity index is 916. The number of urea groups is 1. The Morgan fingerprint density at radius 2 is 1.97 bits per heavy atom. The lowest BCUT2D eigenvalue weighted by Crippen LogP contribution is -2.34. The van der Waals surface area contributed by atoms with Gasteiger partial charge in [0, 0.05) is 30.9 Å². The fourth-order valence-corrected chi connectivity index (χ4v) is 3.30. The molecule has 0 aromatic heterocycles. The van der Waals surface area contributed by atoms with Gasteiger partial charge in [-0.1, -0.05) is 18.2 Å². The first-order valence-electron chi connectivity index (χ1n) is 9.44. The van der Waals surface area contributed by atoms with E-state index in [2.05, 4.69) is 5.32 Å². The maximum atomic E-state index is 13.8. The fourth-order valence-electron chi connectivity index (χ4n) is 3.30. The van der Waals surface area contributed by atoms with Crippen LogP contribution in [0.4, 0.5) is 29.3 Å². The molecule has 1 N–H and O–H groups in total. The molecule has 9 heteroatoms. The molecule has 0 saturated carbocycles. The van der Waals surface area contributed by atoms with E-state index in [0.29, 0.717) is 25.2 Å². The summed E-state index contributed by atoms with van der Waals surface area (Å²) < 4.78 is 51.8. The smallest absolute Gasteiger partial charge is 0.421 e. The van der Waals surface area contributed by atoms with Crippen molar-refractivity contribution in [3.8, 4) is 11.5 Å². The number of hydrogen-bond donors (Lipinski definition) is 1. The van der Waals surface area contributed by atoms with Crippen molar-refractivity contribution >= 4 is 17.4 Å². The first-order chi connectivity index (χ1) is 14.2. The lowest BCUT2D eigenvalue weighted by atomic mass is 10.1. The molecule has 0 fully saturated rings. The highest BCUT2D eigenvalue weighted by molar-refractivity contribution is 6.03. The number of carbonyl (C=O) groups is 1. The van der Waals surface area contributed by atoms with Crippen LogP contribution in [0.5, 0.6) is 11.5 Å². The maximum absolute atomic E-state index is 13.8. The Balaban J connectivity index is 1.92. The molecule has 0 aliphatic carbocycles. The number of anilines is 2. The Hall–Kier alpha value is -2.94. The van der Waals surface area contributed by atoms with Gasteiger partial charge in [0.2, 0.25) is 0 Å². The molecular formula is C21H24F3N3O3. The number of nitrogens with zero attached hydrogens (tertiary/aromatic N) is 2. The summed E-state index contributed by atoms with van der Waals surface area (Å²) >= 11 is 0. The van der Waals surface area contributed by atoms with Crippen molar-refractivity contribution in [1.82, 2.24) is 4.90 Å². The molecule has 1 heterocycles. The zero-order valence-corrected chi connectivity index (χ0v) is 17.0. The fraction of sp³-hybridized carbons (Fsp3) is 0.381. The standard InChI is InChI=1S/C21H24F3N3O3/c1-26(2)10-11-30-15-12-16(19(21(22,23)24)18(13-15)29-3)25-20(28)27-9-8-14-6-4-5-7-17(14)27/h4-7,12-13H,8-11H2,1-3H3,(H,25,28). The van der Waals surface area contributed by atoms with Gasteiger partial charge in [-0.3, -0.25) is 4.90 Å². The van der Waals surface area contributed by atoms with Gasteiger partial charge in [-0.15, -0.1) is 0 Å². The van der Waals surface area contributed by atoms with E-state index in [9.17, 15) is 18.0 Å². The Morgan fingerprint density at radius 3 is 2.63 bits per heavy atom. The molecule has 162 valence electrons. The third kappa shape index (κ3) is 4.79. The van der Waals surface area contributed by atoms with Gasteiger partial charge in [-0.25, -0.2) is 4.79 Å². The van der Waals surface area contributed by atoms with Crippen LogP contribution >= 0.6 is 0 Å². The molecule has 3 rings (SSSR count). The number of benzene rings is 2. The average Bonchev–Trinajstić information content (AvgIpc) is 3.10. The van der Waals surface area contributed by atoms with Crippen molar-refractivity contribution in [2.24, 2.45) is 0 Å². The molecule has 1 aliphatic heterocycles. The number of likely N-dealkylation sites (N-methyl/N-ethyl adjacent to an activating group) is 1. The van der Waals surface area contributed by atoms with Crippen LogP contribution in [0, 0.1) is 0 Å². The van der Waals surface area contributed by atoms with Crippen molar-refractivity contribution in [3.63, 3.8) is 0 Å². The maximum Gasteiger partial charge on any atom is 0.421 e. The van der Waals surface area contributed by atoms with Crippen LogP contribution in [0.25, 0.3) is 0 Å². The molecule has 0 spiro atoms. The third-order valence-corrected chi connectivity index (χ3v) is 4.76. The number of halogens is 3. The van der Waals surface area contributed by atoms with Gasteiger partial charge < -0.3 is 19.7 Å². The number of carbonyl (C=O) groups excluding carboxylic acids is 1.